The molecule has 0 atom stereocenters. The summed E-state index contributed by atoms with van der Waals surface area (Å²) in [4.78, 5) is 12.5. The van der Waals surface area contributed by atoms with Crippen molar-refractivity contribution in [1.29, 1.82) is 0 Å². The molecule has 0 unspecified atom stereocenters. The van der Waals surface area contributed by atoms with E-state index >= 15 is 0 Å². The summed E-state index contributed by atoms with van der Waals surface area (Å²) in [6.07, 6.45) is 0. The van der Waals surface area contributed by atoms with Crippen LogP contribution in [0.2, 0.25) is 0 Å². The smallest absolute Gasteiger partial charge is 0.202 e. The Balaban J connectivity index is 2.39. The van der Waals surface area contributed by atoms with Gasteiger partial charge in [0, 0.05) is 5.56 Å². The molecule has 4 heteroatoms. The molecule has 0 saturated carbocycles. The fourth-order valence-electron chi connectivity index (χ4n) is 1.19. The largest absolute Gasteiger partial charge is 0.288 e. The van der Waals surface area contributed by atoms with Gasteiger partial charge < -0.3 is 0 Å². The third kappa shape index (κ3) is 2.16. The van der Waals surface area contributed by atoms with Crippen molar-refractivity contribution in [2.75, 3.05) is 0 Å². The molecule has 0 bridgehead atoms. The summed E-state index contributed by atoms with van der Waals surface area (Å²) in [6, 6.07) is 7.84. The molecule has 0 aliphatic carbocycles. The third-order valence-corrected chi connectivity index (χ3v) is 3.40. The molecular formula is C11H6BrFOS. The molecule has 0 N–H and O–H groups in total. The Labute approximate surface area is 98.7 Å². The maximum Gasteiger partial charge on any atom is 0.202 e. The van der Waals surface area contributed by atoms with Crippen LogP contribution in [-0.4, -0.2) is 5.78 Å². The van der Waals surface area contributed by atoms with Crippen molar-refractivity contribution < 1.29 is 9.18 Å². The summed E-state index contributed by atoms with van der Waals surface area (Å²) >= 11 is 4.43. The minimum Gasteiger partial charge on any atom is -0.288 e. The van der Waals surface area contributed by atoms with Crippen molar-refractivity contribution in [3.05, 3.63) is 56.4 Å². The molecule has 0 spiro atoms. The summed E-state index contributed by atoms with van der Waals surface area (Å²) in [7, 11) is 0. The predicted molar refractivity (Wildman–Crippen MR) is 61.9 cm³/mol. The van der Waals surface area contributed by atoms with Crippen LogP contribution in [0.5, 0.6) is 0 Å². The van der Waals surface area contributed by atoms with Gasteiger partial charge in [0.1, 0.15) is 5.82 Å². The summed E-state index contributed by atoms with van der Waals surface area (Å²) < 4.78 is 13.3. The van der Waals surface area contributed by atoms with E-state index in [-0.39, 0.29) is 11.6 Å². The Hall–Kier alpha value is -1.00. The monoisotopic (exact) mass is 284 g/mol. The van der Waals surface area contributed by atoms with Crippen LogP contribution in [0.4, 0.5) is 4.39 Å². The Morgan fingerprint density at radius 1 is 1.33 bits per heavy atom. The first-order valence-corrected chi connectivity index (χ1v) is 5.89. The van der Waals surface area contributed by atoms with Crippen LogP contribution in [0.15, 0.2) is 40.2 Å². The Bertz CT molecular complexity index is 493. The van der Waals surface area contributed by atoms with E-state index in [4.69, 9.17) is 0 Å². The van der Waals surface area contributed by atoms with Gasteiger partial charge in [0.05, 0.1) is 9.35 Å². The zero-order valence-electron chi connectivity index (χ0n) is 7.54. The van der Waals surface area contributed by atoms with Gasteiger partial charge in [0.25, 0.3) is 0 Å². The Morgan fingerprint density at radius 3 is 2.73 bits per heavy atom. The second kappa shape index (κ2) is 4.24. The molecule has 0 aliphatic rings. The van der Waals surface area contributed by atoms with E-state index in [1.807, 2.05) is 11.4 Å². The summed E-state index contributed by atoms with van der Waals surface area (Å²) in [6.45, 7) is 0. The van der Waals surface area contributed by atoms with Gasteiger partial charge in [-0.15, -0.1) is 11.3 Å². The van der Waals surface area contributed by atoms with Gasteiger partial charge in [0.2, 0.25) is 5.78 Å². The second-order valence-corrected chi connectivity index (χ2v) is 4.74. The Kier molecular flexibility index (Phi) is 2.98. The molecular weight excluding hydrogens is 279 g/mol. The number of carbonyl (C=O) groups is 1. The average Bonchev–Trinajstić information content (AvgIpc) is 2.74. The highest BCUT2D eigenvalue weighted by atomic mass is 79.9. The molecule has 1 aromatic heterocycles. The number of carbonyl (C=O) groups excluding carboxylic acids is 1. The van der Waals surface area contributed by atoms with Crippen molar-refractivity contribution >= 4 is 33.0 Å². The van der Waals surface area contributed by atoms with E-state index in [2.05, 4.69) is 15.9 Å². The van der Waals surface area contributed by atoms with Gasteiger partial charge in [-0.3, -0.25) is 4.79 Å². The molecule has 2 aromatic rings. The van der Waals surface area contributed by atoms with Crippen LogP contribution < -0.4 is 0 Å². The second-order valence-electron chi connectivity index (χ2n) is 2.94. The molecule has 2 rings (SSSR count). The zero-order valence-corrected chi connectivity index (χ0v) is 9.94. The van der Waals surface area contributed by atoms with Crippen molar-refractivity contribution in [3.63, 3.8) is 0 Å². The molecule has 0 saturated heterocycles. The van der Waals surface area contributed by atoms with Gasteiger partial charge in [-0.1, -0.05) is 6.07 Å². The highest BCUT2D eigenvalue weighted by molar-refractivity contribution is 9.10. The number of halogens is 2. The number of benzene rings is 1. The molecule has 0 aliphatic heterocycles. The van der Waals surface area contributed by atoms with Crippen LogP contribution in [-0.2, 0) is 0 Å². The molecule has 0 fully saturated rings. The molecule has 1 nitrogen and oxygen atoms in total. The van der Waals surface area contributed by atoms with Crippen LogP contribution in [0, 0.1) is 5.82 Å². The van der Waals surface area contributed by atoms with Gasteiger partial charge in [-0.2, -0.15) is 0 Å². The molecule has 1 aromatic carbocycles. The van der Waals surface area contributed by atoms with Gasteiger partial charge in [-0.25, -0.2) is 4.39 Å². The van der Waals surface area contributed by atoms with Crippen molar-refractivity contribution in [1.82, 2.24) is 0 Å². The van der Waals surface area contributed by atoms with E-state index in [0.29, 0.717) is 14.9 Å². The minimum absolute atomic E-state index is 0.0781. The van der Waals surface area contributed by atoms with Gasteiger partial charge in [-0.05, 0) is 45.6 Å². The van der Waals surface area contributed by atoms with E-state index in [1.54, 1.807) is 6.07 Å². The topological polar surface area (TPSA) is 17.1 Å². The average molecular weight is 285 g/mol. The first-order chi connectivity index (χ1) is 7.18. The maximum absolute atomic E-state index is 12.9. The number of hydrogen-bond acceptors (Lipinski definition) is 2. The van der Waals surface area contributed by atoms with E-state index < -0.39 is 0 Å². The van der Waals surface area contributed by atoms with Crippen LogP contribution in [0.25, 0.3) is 0 Å². The van der Waals surface area contributed by atoms with Crippen LogP contribution in [0.1, 0.15) is 15.2 Å². The lowest BCUT2D eigenvalue weighted by Crippen LogP contribution is -1.98. The Morgan fingerprint density at radius 2 is 2.13 bits per heavy atom. The fraction of sp³-hybridized carbons (Fsp3) is 0. The van der Waals surface area contributed by atoms with E-state index in [0.717, 1.165) is 0 Å². The number of hydrogen-bond donors (Lipinski definition) is 0. The standard InChI is InChI=1S/C11H6BrFOS/c12-8-6-7(3-4-9(8)13)11(14)10-2-1-5-15-10/h1-6H. The maximum atomic E-state index is 12.9. The lowest BCUT2D eigenvalue weighted by atomic mass is 10.1. The van der Waals surface area contributed by atoms with E-state index in [1.165, 1.54) is 29.5 Å². The summed E-state index contributed by atoms with van der Waals surface area (Å²) in [5.74, 6) is -0.441. The highest BCUT2D eigenvalue weighted by Crippen LogP contribution is 2.20. The lowest BCUT2D eigenvalue weighted by molar-refractivity contribution is 0.104. The first-order valence-electron chi connectivity index (χ1n) is 4.22. The summed E-state index contributed by atoms with van der Waals surface area (Å²) in [5, 5.41) is 1.84. The third-order valence-electron chi connectivity index (χ3n) is 1.93. The zero-order chi connectivity index (χ0) is 10.8. The van der Waals surface area contributed by atoms with Crippen molar-refractivity contribution in [3.8, 4) is 0 Å². The quantitative estimate of drug-likeness (QED) is 0.765. The van der Waals surface area contributed by atoms with Crippen LogP contribution in [0.3, 0.4) is 0 Å². The SMILES string of the molecule is O=C(c1ccc(F)c(Br)c1)c1cccs1. The number of ketones is 1. The number of thiophene rings is 1. The van der Waals surface area contributed by atoms with Crippen LogP contribution >= 0.6 is 27.3 Å². The first kappa shape index (κ1) is 10.5. The fourth-order valence-corrected chi connectivity index (χ4v) is 2.25. The molecule has 15 heavy (non-hydrogen) atoms. The summed E-state index contributed by atoms with van der Waals surface area (Å²) in [5.41, 5.74) is 0.491. The molecule has 0 amide bonds. The highest BCUT2D eigenvalue weighted by Gasteiger charge is 2.11. The normalized spacial score (nSPS) is 10.3. The van der Waals surface area contributed by atoms with Gasteiger partial charge >= 0.3 is 0 Å². The van der Waals surface area contributed by atoms with Crippen molar-refractivity contribution in [2.45, 2.75) is 0 Å². The minimum atomic E-state index is -0.363. The molecule has 1 heterocycles. The molecule has 0 radical (unpaired) electrons. The molecule has 76 valence electrons. The van der Waals surface area contributed by atoms with Gasteiger partial charge in [0.15, 0.2) is 0 Å². The number of rotatable bonds is 2. The van der Waals surface area contributed by atoms with E-state index in [9.17, 15) is 9.18 Å². The lowest BCUT2D eigenvalue weighted by Gasteiger charge is -1.99. The van der Waals surface area contributed by atoms with Crippen molar-refractivity contribution in [2.24, 2.45) is 0 Å². The predicted octanol–water partition coefficient (Wildman–Crippen LogP) is 3.88.